The van der Waals surface area contributed by atoms with Crippen LogP contribution in [0.2, 0.25) is 0 Å². The molecule has 180 valence electrons. The zero-order valence-corrected chi connectivity index (χ0v) is 22.6. The van der Waals surface area contributed by atoms with E-state index in [2.05, 4.69) is 120 Å². The summed E-state index contributed by atoms with van der Waals surface area (Å²) in [5, 5.41) is 2.91. The van der Waals surface area contributed by atoms with E-state index in [1.807, 2.05) is 0 Å². The highest BCUT2D eigenvalue weighted by atomic mass is 14.4. The Morgan fingerprint density at radius 3 is 1.76 bits per heavy atom. The van der Waals surface area contributed by atoms with Crippen molar-refractivity contribution >= 4 is 10.8 Å². The monoisotopic (exact) mass is 476 g/mol. The van der Waals surface area contributed by atoms with Crippen LogP contribution in [0.3, 0.4) is 0 Å². The lowest BCUT2D eigenvalue weighted by molar-refractivity contribution is 0.643. The van der Waals surface area contributed by atoms with Gasteiger partial charge in [0.25, 0.3) is 0 Å². The molecule has 5 aromatic carbocycles. The number of benzene rings is 5. The van der Waals surface area contributed by atoms with Crippen molar-refractivity contribution in [2.75, 3.05) is 0 Å². The Hall–Kier alpha value is -3.64. The summed E-state index contributed by atoms with van der Waals surface area (Å²) in [4.78, 5) is 0. The van der Waals surface area contributed by atoms with Crippen LogP contribution < -0.4 is 0 Å². The molecule has 5 aromatic rings. The number of hydrogen-bond donors (Lipinski definition) is 0. The lowest BCUT2D eigenvalue weighted by Gasteiger charge is -2.36. The molecule has 0 aliphatic heterocycles. The van der Waals surface area contributed by atoms with Gasteiger partial charge in [0, 0.05) is 10.8 Å². The van der Waals surface area contributed by atoms with Gasteiger partial charge in [0.05, 0.1) is 0 Å². The van der Waals surface area contributed by atoms with E-state index >= 15 is 0 Å². The predicted octanol–water partition coefficient (Wildman–Crippen LogP) is 10.2. The zero-order chi connectivity index (χ0) is 25.4. The van der Waals surface area contributed by atoms with E-state index in [9.17, 15) is 0 Å². The zero-order valence-electron chi connectivity index (χ0n) is 22.6. The van der Waals surface area contributed by atoms with Gasteiger partial charge in [-0.3, -0.25) is 0 Å². The van der Waals surface area contributed by atoms with Crippen molar-refractivity contribution < 1.29 is 0 Å². The van der Waals surface area contributed by atoms with Gasteiger partial charge in [-0.05, 0) is 101 Å². The first-order valence-electron chi connectivity index (χ1n) is 13.7. The second kappa shape index (κ2) is 6.62. The maximum atomic E-state index is 2.51. The standard InChI is InChI=1S/C37H32/c1-20(2)21-11-12-23-24-13-14-25-28-19-33-29(22-9-7-8-10-30(22)36(33,3)4)18-27(28)26-15-16-31(35(24)34(25)26)37(5,6)32(23)17-21/h7-20H,1-6H3. The molecule has 0 bridgehead atoms. The second-order valence-corrected chi connectivity index (χ2v) is 12.8. The number of hydrogen-bond acceptors (Lipinski definition) is 0. The molecule has 0 heteroatoms. The van der Waals surface area contributed by atoms with Crippen LogP contribution in [0.1, 0.15) is 75.3 Å². The topological polar surface area (TPSA) is 0 Å². The third kappa shape index (κ3) is 2.45. The fraction of sp³-hybridized carbons (Fsp3) is 0.243. The van der Waals surface area contributed by atoms with Gasteiger partial charge >= 0.3 is 0 Å². The highest BCUT2D eigenvalue weighted by Crippen LogP contribution is 2.59. The Kier molecular flexibility index (Phi) is 3.83. The van der Waals surface area contributed by atoms with E-state index in [0.29, 0.717) is 5.92 Å². The van der Waals surface area contributed by atoms with E-state index in [4.69, 9.17) is 0 Å². The van der Waals surface area contributed by atoms with Gasteiger partial charge in [-0.2, -0.15) is 0 Å². The van der Waals surface area contributed by atoms with Crippen molar-refractivity contribution in [2.24, 2.45) is 0 Å². The van der Waals surface area contributed by atoms with E-state index in [0.717, 1.165) is 0 Å². The quantitative estimate of drug-likeness (QED) is 0.221. The van der Waals surface area contributed by atoms with Crippen molar-refractivity contribution in [3.8, 4) is 44.5 Å². The predicted molar refractivity (Wildman–Crippen MR) is 158 cm³/mol. The molecule has 0 nitrogen and oxygen atoms in total. The van der Waals surface area contributed by atoms with E-state index < -0.39 is 0 Å². The highest BCUT2D eigenvalue weighted by molar-refractivity contribution is 6.21. The molecule has 0 radical (unpaired) electrons. The minimum atomic E-state index is -0.0398. The average molecular weight is 477 g/mol. The molecule has 0 amide bonds. The third-order valence-corrected chi connectivity index (χ3v) is 9.81. The van der Waals surface area contributed by atoms with Gasteiger partial charge in [-0.25, -0.2) is 0 Å². The average Bonchev–Trinajstić information content (AvgIpc) is 3.32. The molecule has 0 saturated carbocycles. The van der Waals surface area contributed by atoms with Crippen LogP contribution in [0.5, 0.6) is 0 Å². The first-order chi connectivity index (χ1) is 17.7. The van der Waals surface area contributed by atoms with E-state index in [1.54, 1.807) is 0 Å². The van der Waals surface area contributed by atoms with Crippen molar-refractivity contribution in [1.82, 2.24) is 0 Å². The molecular formula is C37H32. The minimum Gasteiger partial charge on any atom is -0.0619 e. The molecule has 37 heavy (non-hydrogen) atoms. The summed E-state index contributed by atoms with van der Waals surface area (Å²) in [7, 11) is 0. The molecule has 0 saturated heterocycles. The normalized spacial score (nSPS) is 16.5. The molecule has 0 N–H and O–H groups in total. The molecule has 3 aliphatic carbocycles. The summed E-state index contributed by atoms with van der Waals surface area (Å²) < 4.78 is 0. The smallest absolute Gasteiger partial charge is 0.0159 e. The van der Waals surface area contributed by atoms with Crippen LogP contribution in [0.25, 0.3) is 55.3 Å². The van der Waals surface area contributed by atoms with Gasteiger partial charge < -0.3 is 0 Å². The van der Waals surface area contributed by atoms with Crippen LogP contribution in [0, 0.1) is 0 Å². The minimum absolute atomic E-state index is 0.0143. The molecule has 3 aliphatic rings. The Morgan fingerprint density at radius 2 is 1.00 bits per heavy atom. The van der Waals surface area contributed by atoms with E-state index in [1.165, 1.54) is 83.1 Å². The Morgan fingerprint density at radius 1 is 0.432 bits per heavy atom. The van der Waals surface area contributed by atoms with Crippen LogP contribution in [-0.2, 0) is 10.8 Å². The molecule has 8 rings (SSSR count). The van der Waals surface area contributed by atoms with Gasteiger partial charge in [0.15, 0.2) is 0 Å². The fourth-order valence-corrected chi connectivity index (χ4v) is 7.70. The van der Waals surface area contributed by atoms with E-state index in [-0.39, 0.29) is 10.8 Å². The lowest BCUT2D eigenvalue weighted by Crippen LogP contribution is -2.24. The van der Waals surface area contributed by atoms with Crippen molar-refractivity contribution in [2.45, 2.75) is 58.3 Å². The SMILES string of the molecule is CC(C)c1ccc2c(c1)C(C)(C)c1ccc3c4c(ccc-2c14)-c1cc2c(cc1-3)-c1ccccc1C2(C)C. The first-order valence-corrected chi connectivity index (χ1v) is 13.7. The van der Waals surface area contributed by atoms with Crippen LogP contribution >= 0.6 is 0 Å². The number of fused-ring (bicyclic) bond motifs is 8. The molecule has 0 spiro atoms. The second-order valence-electron chi connectivity index (χ2n) is 12.8. The van der Waals surface area contributed by atoms with Crippen molar-refractivity contribution in [3.63, 3.8) is 0 Å². The third-order valence-electron chi connectivity index (χ3n) is 9.81. The molecule has 0 heterocycles. The number of rotatable bonds is 1. The molecule has 0 fully saturated rings. The molecule has 0 aromatic heterocycles. The maximum Gasteiger partial charge on any atom is 0.0159 e. The summed E-state index contributed by atoms with van der Waals surface area (Å²) in [5.41, 5.74) is 18.4. The molecule has 0 atom stereocenters. The van der Waals surface area contributed by atoms with Gasteiger partial charge in [0.1, 0.15) is 0 Å². The van der Waals surface area contributed by atoms with Crippen LogP contribution in [-0.4, -0.2) is 0 Å². The fourth-order valence-electron chi connectivity index (χ4n) is 7.70. The van der Waals surface area contributed by atoms with Crippen molar-refractivity contribution in [1.29, 1.82) is 0 Å². The highest BCUT2D eigenvalue weighted by Gasteiger charge is 2.39. The maximum absolute atomic E-state index is 2.51. The molecular weight excluding hydrogens is 444 g/mol. The summed E-state index contributed by atoms with van der Waals surface area (Å²) >= 11 is 0. The Balaban J connectivity index is 1.44. The van der Waals surface area contributed by atoms with Crippen LogP contribution in [0.15, 0.2) is 78.9 Å². The summed E-state index contributed by atoms with van der Waals surface area (Å²) in [5.74, 6) is 0.528. The summed E-state index contributed by atoms with van der Waals surface area (Å²) in [6.45, 7) is 14.2. The lowest BCUT2D eigenvalue weighted by atomic mass is 9.67. The largest absolute Gasteiger partial charge is 0.0619 e. The Bertz CT molecular complexity index is 1840. The first kappa shape index (κ1) is 21.4. The summed E-state index contributed by atoms with van der Waals surface area (Å²) in [6.07, 6.45) is 0. The molecule has 0 unspecified atom stereocenters. The van der Waals surface area contributed by atoms with Gasteiger partial charge in [0.2, 0.25) is 0 Å². The van der Waals surface area contributed by atoms with Crippen molar-refractivity contribution in [3.05, 3.63) is 107 Å². The Labute approximate surface area is 220 Å². The summed E-state index contributed by atoms with van der Waals surface area (Å²) in [6, 6.07) is 30.8. The van der Waals surface area contributed by atoms with Crippen LogP contribution in [0.4, 0.5) is 0 Å². The van der Waals surface area contributed by atoms with Gasteiger partial charge in [-0.15, -0.1) is 0 Å². The van der Waals surface area contributed by atoms with Gasteiger partial charge in [-0.1, -0.05) is 108 Å².